The van der Waals surface area contributed by atoms with E-state index in [1.807, 2.05) is 0 Å². The van der Waals surface area contributed by atoms with Gasteiger partial charge in [-0.2, -0.15) is 0 Å². The fourth-order valence-corrected chi connectivity index (χ4v) is 1.68. The van der Waals surface area contributed by atoms with Gasteiger partial charge in [-0.3, -0.25) is 4.79 Å². The van der Waals surface area contributed by atoms with Crippen LogP contribution in [0.4, 0.5) is 0 Å². The molecule has 2 rings (SSSR count). The van der Waals surface area contributed by atoms with Gasteiger partial charge in [-0.15, -0.1) is 0 Å². The van der Waals surface area contributed by atoms with Crippen molar-refractivity contribution in [2.75, 3.05) is 0 Å². The molecule has 0 unspecified atom stereocenters. The zero-order valence-corrected chi connectivity index (χ0v) is 9.47. The molecule has 2 heterocycles. The molecule has 5 heteroatoms. The van der Waals surface area contributed by atoms with Crippen LogP contribution < -0.4 is 10.4 Å². The monoisotopic (exact) mass is 236 g/mol. The van der Waals surface area contributed by atoms with Gasteiger partial charge in [-0.05, 0) is 19.9 Å². The minimum Gasteiger partial charge on any atom is -0.486 e. The summed E-state index contributed by atoms with van der Waals surface area (Å²) in [6, 6.07) is 1.47. The summed E-state index contributed by atoms with van der Waals surface area (Å²) in [5.41, 5.74) is -1.00. The van der Waals surface area contributed by atoms with Crippen molar-refractivity contribution >= 4 is 11.9 Å². The molecule has 17 heavy (non-hydrogen) atoms. The molecule has 1 aromatic heterocycles. The molecule has 0 aliphatic carbocycles. The van der Waals surface area contributed by atoms with Crippen LogP contribution in [-0.4, -0.2) is 23.1 Å². The van der Waals surface area contributed by atoms with Crippen molar-refractivity contribution in [1.29, 1.82) is 0 Å². The molecule has 0 saturated heterocycles. The summed E-state index contributed by atoms with van der Waals surface area (Å²) in [7, 11) is 0. The van der Waals surface area contributed by atoms with Crippen molar-refractivity contribution in [2.45, 2.75) is 26.1 Å². The van der Waals surface area contributed by atoms with Gasteiger partial charge in [0.2, 0.25) is 5.78 Å². The summed E-state index contributed by atoms with van der Waals surface area (Å²) >= 11 is 0. The Balaban J connectivity index is 2.60. The Morgan fingerprint density at radius 3 is 2.76 bits per heavy atom. The van der Waals surface area contributed by atoms with Gasteiger partial charge in [0.05, 0.1) is 0 Å². The molecule has 0 spiro atoms. The van der Waals surface area contributed by atoms with E-state index >= 15 is 0 Å². The maximum absolute atomic E-state index is 11.7. The van der Waals surface area contributed by atoms with Gasteiger partial charge in [0.15, 0.2) is 6.10 Å². The third kappa shape index (κ3) is 1.89. The van der Waals surface area contributed by atoms with Crippen LogP contribution >= 0.6 is 0 Å². The van der Waals surface area contributed by atoms with Gasteiger partial charge in [0.1, 0.15) is 23.2 Å². The van der Waals surface area contributed by atoms with Crippen LogP contribution in [0.15, 0.2) is 21.4 Å². The van der Waals surface area contributed by atoms with Crippen molar-refractivity contribution in [3.63, 3.8) is 0 Å². The number of rotatable bonds is 1. The van der Waals surface area contributed by atoms with E-state index in [0.717, 1.165) is 0 Å². The van der Waals surface area contributed by atoms with Crippen LogP contribution in [0.2, 0.25) is 0 Å². The first kappa shape index (κ1) is 11.6. The largest absolute Gasteiger partial charge is 0.486 e. The lowest BCUT2D eigenvalue weighted by atomic mass is 10.0. The van der Waals surface area contributed by atoms with Crippen LogP contribution in [-0.2, 0) is 0 Å². The Bertz CT molecular complexity index is 540. The molecule has 5 nitrogen and oxygen atoms in total. The number of aliphatic hydroxyl groups is 1. The summed E-state index contributed by atoms with van der Waals surface area (Å²) in [4.78, 5) is 23.3. The number of ketones is 1. The van der Waals surface area contributed by atoms with E-state index < -0.39 is 23.6 Å². The van der Waals surface area contributed by atoms with Gasteiger partial charge in [0.25, 0.3) is 0 Å². The second kappa shape index (κ2) is 4.18. The topological polar surface area (TPSA) is 76.7 Å². The molecule has 90 valence electrons. The van der Waals surface area contributed by atoms with Crippen molar-refractivity contribution < 1.29 is 19.1 Å². The van der Waals surface area contributed by atoms with Gasteiger partial charge < -0.3 is 14.3 Å². The van der Waals surface area contributed by atoms with Crippen molar-refractivity contribution in [2.24, 2.45) is 0 Å². The zero-order chi connectivity index (χ0) is 12.6. The molecule has 0 saturated carbocycles. The molecule has 0 fully saturated rings. The number of Topliss-reactive ketones (excluding diaryl/α,β-unsaturated/α-hetero) is 1. The summed E-state index contributed by atoms with van der Waals surface area (Å²) in [6.07, 6.45) is 1.30. The Hall–Kier alpha value is -1.88. The minimum absolute atomic E-state index is 0.164. The Labute approximate surface area is 97.3 Å². The molecule has 1 aliphatic rings. The van der Waals surface area contributed by atoms with E-state index in [1.54, 1.807) is 26.0 Å². The predicted molar refractivity (Wildman–Crippen MR) is 60.1 cm³/mol. The van der Waals surface area contributed by atoms with E-state index in [1.165, 1.54) is 6.07 Å². The number of allylic oxidation sites excluding steroid dienone is 1. The molecule has 1 aliphatic heterocycles. The van der Waals surface area contributed by atoms with E-state index in [4.69, 9.17) is 9.15 Å². The third-order valence-corrected chi connectivity index (χ3v) is 2.54. The second-order valence-electron chi connectivity index (χ2n) is 3.81. The molecule has 0 bridgehead atoms. The number of carbonyl (C=O) groups excluding carboxylic acids is 1. The lowest BCUT2D eigenvalue weighted by Gasteiger charge is -2.25. The number of fused-ring (bicyclic) bond motifs is 1. The molecule has 0 aromatic carbocycles. The molecule has 2 atom stereocenters. The predicted octanol–water partition coefficient (Wildman–Crippen LogP) is 0.997. The Morgan fingerprint density at radius 1 is 1.41 bits per heavy atom. The summed E-state index contributed by atoms with van der Waals surface area (Å²) in [5, 5.41) is 9.52. The second-order valence-corrected chi connectivity index (χ2v) is 3.81. The fraction of sp³-hybridized carbons (Fsp3) is 0.333. The van der Waals surface area contributed by atoms with E-state index in [-0.39, 0.29) is 11.3 Å². The van der Waals surface area contributed by atoms with E-state index in [9.17, 15) is 14.7 Å². The summed E-state index contributed by atoms with van der Waals surface area (Å²) < 4.78 is 10.2. The maximum Gasteiger partial charge on any atom is 0.351 e. The summed E-state index contributed by atoms with van der Waals surface area (Å²) in [6.45, 7) is 3.34. The summed E-state index contributed by atoms with van der Waals surface area (Å²) in [5.74, 6) is -0.177. The lowest BCUT2D eigenvalue weighted by molar-refractivity contribution is 0.0280. The molecule has 0 amide bonds. The Kier molecular flexibility index (Phi) is 2.85. The van der Waals surface area contributed by atoms with Gasteiger partial charge in [-0.1, -0.05) is 6.08 Å². The standard InChI is InChI=1S/C12H12O5/c1-3-4-7-5-8-9(12(15)17-7)11(14)10(13)6(2)16-8/h3-6,10,13H,1-2H3/t6-,10-/m0/s1. The lowest BCUT2D eigenvalue weighted by Crippen LogP contribution is -2.42. The van der Waals surface area contributed by atoms with E-state index in [0.29, 0.717) is 5.76 Å². The quantitative estimate of drug-likeness (QED) is 0.787. The molecule has 0 radical (unpaired) electrons. The molecular weight excluding hydrogens is 224 g/mol. The number of aliphatic hydroxyl groups excluding tert-OH is 1. The van der Waals surface area contributed by atoms with Crippen molar-refractivity contribution in [1.82, 2.24) is 0 Å². The van der Waals surface area contributed by atoms with Crippen LogP contribution in [0, 0.1) is 0 Å². The molecule has 1 aromatic rings. The average molecular weight is 236 g/mol. The molecular formula is C12H12O5. The highest BCUT2D eigenvalue weighted by molar-refractivity contribution is 6.02. The highest BCUT2D eigenvalue weighted by Gasteiger charge is 2.36. The normalized spacial score (nSPS) is 23.6. The van der Waals surface area contributed by atoms with Crippen LogP contribution in [0.25, 0.3) is 6.08 Å². The first-order valence-corrected chi connectivity index (χ1v) is 5.24. The van der Waals surface area contributed by atoms with Gasteiger partial charge in [-0.25, -0.2) is 4.79 Å². The average Bonchev–Trinajstić information content (AvgIpc) is 2.25. The molecule has 1 N–H and O–H groups in total. The van der Waals surface area contributed by atoms with Gasteiger partial charge in [0, 0.05) is 6.07 Å². The SMILES string of the molecule is CC=Cc1cc2c(c(=O)o1)C(=O)[C@@H](O)[C@H](C)O2. The fourth-order valence-electron chi connectivity index (χ4n) is 1.68. The number of hydrogen-bond acceptors (Lipinski definition) is 5. The first-order valence-electron chi connectivity index (χ1n) is 5.24. The number of hydrogen-bond donors (Lipinski definition) is 1. The van der Waals surface area contributed by atoms with Crippen LogP contribution in [0.1, 0.15) is 30.0 Å². The minimum atomic E-state index is -1.32. The zero-order valence-electron chi connectivity index (χ0n) is 9.47. The first-order chi connectivity index (χ1) is 8.04. The van der Waals surface area contributed by atoms with Gasteiger partial charge >= 0.3 is 5.63 Å². The van der Waals surface area contributed by atoms with Crippen LogP contribution in [0.5, 0.6) is 5.75 Å². The highest BCUT2D eigenvalue weighted by Crippen LogP contribution is 2.26. The van der Waals surface area contributed by atoms with Crippen LogP contribution in [0.3, 0.4) is 0 Å². The smallest absolute Gasteiger partial charge is 0.351 e. The highest BCUT2D eigenvalue weighted by atomic mass is 16.5. The maximum atomic E-state index is 11.7. The third-order valence-electron chi connectivity index (χ3n) is 2.54. The van der Waals surface area contributed by atoms with Crippen molar-refractivity contribution in [3.05, 3.63) is 33.9 Å². The Morgan fingerprint density at radius 2 is 2.12 bits per heavy atom. The van der Waals surface area contributed by atoms with E-state index in [2.05, 4.69) is 0 Å². The number of carbonyl (C=O) groups is 1. The van der Waals surface area contributed by atoms with Crippen molar-refractivity contribution in [3.8, 4) is 5.75 Å². The number of ether oxygens (including phenoxy) is 1.